The maximum atomic E-state index is 12.6. The van der Waals surface area contributed by atoms with Crippen molar-refractivity contribution in [1.29, 1.82) is 0 Å². The summed E-state index contributed by atoms with van der Waals surface area (Å²) in [6.07, 6.45) is 0. The minimum absolute atomic E-state index is 0.146. The second-order valence-electron chi connectivity index (χ2n) is 6.17. The number of benzene rings is 1. The van der Waals surface area contributed by atoms with Gasteiger partial charge in [-0.2, -0.15) is 0 Å². The van der Waals surface area contributed by atoms with Crippen molar-refractivity contribution in [2.75, 3.05) is 45.2 Å². The molecular formula is C18H23N3OS. The smallest absolute Gasteiger partial charge is 0.253 e. The van der Waals surface area contributed by atoms with Crippen LogP contribution in [0.15, 0.2) is 41.8 Å². The third-order valence-electron chi connectivity index (χ3n) is 4.08. The number of thiophene rings is 1. The predicted octanol–water partition coefficient (Wildman–Crippen LogP) is 2.77. The minimum atomic E-state index is 0.146. The number of carbonyl (C=O) groups is 1. The lowest BCUT2D eigenvalue weighted by molar-refractivity contribution is 0.0747. The van der Waals surface area contributed by atoms with Crippen LogP contribution < -0.4 is 4.90 Å². The lowest BCUT2D eigenvalue weighted by Gasteiger charge is -2.35. The summed E-state index contributed by atoms with van der Waals surface area (Å²) in [5.41, 5.74) is 2.02. The Bertz CT molecular complexity index is 629. The van der Waals surface area contributed by atoms with Crippen LogP contribution in [0, 0.1) is 0 Å². The molecule has 1 fully saturated rings. The largest absolute Gasteiger partial charge is 0.360 e. The summed E-state index contributed by atoms with van der Waals surface area (Å²) >= 11 is 1.76. The molecule has 0 unspecified atom stereocenters. The molecular weight excluding hydrogens is 306 g/mol. The highest BCUT2D eigenvalue weighted by atomic mass is 32.1. The Kier molecular flexibility index (Phi) is 4.98. The molecule has 0 N–H and O–H groups in total. The lowest BCUT2D eigenvalue weighted by Crippen LogP contribution is -2.48. The molecule has 0 spiro atoms. The molecule has 2 heterocycles. The average Bonchev–Trinajstić information content (AvgIpc) is 3.09. The molecule has 1 amide bonds. The maximum Gasteiger partial charge on any atom is 0.253 e. The zero-order chi connectivity index (χ0) is 16.2. The number of amides is 1. The summed E-state index contributed by atoms with van der Waals surface area (Å²) in [4.78, 5) is 19.1. The van der Waals surface area contributed by atoms with Crippen molar-refractivity contribution in [3.63, 3.8) is 0 Å². The van der Waals surface area contributed by atoms with Crippen LogP contribution in [-0.2, 0) is 6.54 Å². The molecule has 1 saturated heterocycles. The number of hydrogen-bond donors (Lipinski definition) is 0. The molecule has 0 saturated carbocycles. The van der Waals surface area contributed by atoms with E-state index in [1.54, 1.807) is 11.3 Å². The SMILES string of the molecule is CN(C)Cc1ccc(C(=O)N2CCN(c3cccs3)CC2)cc1. The molecule has 1 aromatic carbocycles. The first-order chi connectivity index (χ1) is 11.1. The van der Waals surface area contributed by atoms with Crippen molar-refractivity contribution in [3.8, 4) is 0 Å². The molecule has 122 valence electrons. The Morgan fingerprint density at radius 2 is 1.78 bits per heavy atom. The zero-order valence-corrected chi connectivity index (χ0v) is 14.6. The summed E-state index contributed by atoms with van der Waals surface area (Å²) < 4.78 is 0. The monoisotopic (exact) mass is 329 g/mol. The van der Waals surface area contributed by atoms with Gasteiger partial charge in [-0.3, -0.25) is 4.79 Å². The molecule has 0 radical (unpaired) electrons. The first-order valence-corrected chi connectivity index (χ1v) is 8.83. The number of carbonyl (C=O) groups excluding carboxylic acids is 1. The number of nitrogens with zero attached hydrogens (tertiary/aromatic N) is 3. The van der Waals surface area contributed by atoms with Gasteiger partial charge < -0.3 is 14.7 Å². The molecule has 5 heteroatoms. The van der Waals surface area contributed by atoms with Crippen molar-refractivity contribution in [2.24, 2.45) is 0 Å². The molecule has 2 aromatic rings. The lowest BCUT2D eigenvalue weighted by atomic mass is 10.1. The van der Waals surface area contributed by atoms with Gasteiger partial charge >= 0.3 is 0 Å². The van der Waals surface area contributed by atoms with Gasteiger partial charge in [-0.25, -0.2) is 0 Å². The third kappa shape index (κ3) is 3.92. The van der Waals surface area contributed by atoms with Gasteiger partial charge in [0.2, 0.25) is 0 Å². The highest BCUT2D eigenvalue weighted by molar-refractivity contribution is 7.14. The van der Waals surface area contributed by atoms with Crippen molar-refractivity contribution in [3.05, 3.63) is 52.9 Å². The van der Waals surface area contributed by atoms with E-state index in [4.69, 9.17) is 0 Å². The Morgan fingerprint density at radius 3 is 2.35 bits per heavy atom. The van der Waals surface area contributed by atoms with Crippen LogP contribution in [0.2, 0.25) is 0 Å². The van der Waals surface area contributed by atoms with Crippen LogP contribution in [0.5, 0.6) is 0 Å². The van der Waals surface area contributed by atoms with Crippen LogP contribution in [0.25, 0.3) is 0 Å². The molecule has 1 aromatic heterocycles. The number of hydrogen-bond acceptors (Lipinski definition) is 4. The molecule has 0 aliphatic carbocycles. The van der Waals surface area contributed by atoms with Crippen molar-refractivity contribution in [2.45, 2.75) is 6.54 Å². The highest BCUT2D eigenvalue weighted by Crippen LogP contribution is 2.22. The fraction of sp³-hybridized carbons (Fsp3) is 0.389. The number of anilines is 1. The van der Waals surface area contributed by atoms with Crippen LogP contribution >= 0.6 is 11.3 Å². The van der Waals surface area contributed by atoms with Crippen molar-refractivity contribution >= 4 is 22.2 Å². The first kappa shape index (κ1) is 16.0. The van der Waals surface area contributed by atoms with Gasteiger partial charge in [0.1, 0.15) is 0 Å². The summed E-state index contributed by atoms with van der Waals surface area (Å²) in [5.74, 6) is 0.146. The maximum absolute atomic E-state index is 12.6. The van der Waals surface area contributed by atoms with Gasteiger partial charge in [0, 0.05) is 38.3 Å². The quantitative estimate of drug-likeness (QED) is 0.863. The van der Waals surface area contributed by atoms with E-state index in [1.807, 2.05) is 31.1 Å². The van der Waals surface area contributed by atoms with Gasteiger partial charge in [0.15, 0.2) is 0 Å². The van der Waals surface area contributed by atoms with E-state index in [1.165, 1.54) is 10.6 Å². The molecule has 23 heavy (non-hydrogen) atoms. The van der Waals surface area contributed by atoms with E-state index in [9.17, 15) is 4.79 Å². The second-order valence-corrected chi connectivity index (χ2v) is 7.09. The van der Waals surface area contributed by atoms with Gasteiger partial charge in [0.05, 0.1) is 5.00 Å². The van der Waals surface area contributed by atoms with E-state index in [2.05, 4.69) is 39.4 Å². The molecule has 4 nitrogen and oxygen atoms in total. The number of rotatable bonds is 4. The second kappa shape index (κ2) is 7.15. The van der Waals surface area contributed by atoms with E-state index in [-0.39, 0.29) is 5.91 Å². The predicted molar refractivity (Wildman–Crippen MR) is 96.3 cm³/mol. The fourth-order valence-electron chi connectivity index (χ4n) is 2.88. The molecule has 1 aliphatic rings. The van der Waals surface area contributed by atoms with Gasteiger partial charge in [-0.15, -0.1) is 11.3 Å². The van der Waals surface area contributed by atoms with Crippen molar-refractivity contribution < 1.29 is 4.79 Å². The summed E-state index contributed by atoms with van der Waals surface area (Å²) in [5, 5.41) is 3.40. The topological polar surface area (TPSA) is 26.8 Å². The van der Waals surface area contributed by atoms with Crippen LogP contribution in [0.3, 0.4) is 0 Å². The van der Waals surface area contributed by atoms with Gasteiger partial charge in [-0.1, -0.05) is 12.1 Å². The fourth-order valence-corrected chi connectivity index (χ4v) is 3.67. The zero-order valence-electron chi connectivity index (χ0n) is 13.7. The van der Waals surface area contributed by atoms with Gasteiger partial charge in [0.25, 0.3) is 5.91 Å². The molecule has 3 rings (SSSR count). The Labute approximate surface area is 141 Å². The van der Waals surface area contributed by atoms with Crippen LogP contribution in [0.1, 0.15) is 15.9 Å². The van der Waals surface area contributed by atoms with E-state index in [0.29, 0.717) is 0 Å². The third-order valence-corrected chi connectivity index (χ3v) is 5.01. The van der Waals surface area contributed by atoms with E-state index < -0.39 is 0 Å². The Morgan fingerprint density at radius 1 is 1.09 bits per heavy atom. The first-order valence-electron chi connectivity index (χ1n) is 7.95. The van der Waals surface area contributed by atoms with E-state index in [0.717, 1.165) is 38.3 Å². The number of piperazine rings is 1. The van der Waals surface area contributed by atoms with Crippen molar-refractivity contribution in [1.82, 2.24) is 9.80 Å². The standard InChI is InChI=1S/C18H23N3OS/c1-19(2)14-15-5-7-16(8-6-15)18(22)21-11-9-20(10-12-21)17-4-3-13-23-17/h3-8,13H,9-12,14H2,1-2H3. The van der Waals surface area contributed by atoms with E-state index >= 15 is 0 Å². The summed E-state index contributed by atoms with van der Waals surface area (Å²) in [6, 6.07) is 12.2. The van der Waals surface area contributed by atoms with Crippen LogP contribution in [0.4, 0.5) is 5.00 Å². The minimum Gasteiger partial charge on any atom is -0.360 e. The normalized spacial score (nSPS) is 15.3. The molecule has 1 aliphatic heterocycles. The average molecular weight is 329 g/mol. The Hall–Kier alpha value is -1.85. The molecule has 0 bridgehead atoms. The summed E-state index contributed by atoms with van der Waals surface area (Å²) in [6.45, 7) is 4.29. The van der Waals surface area contributed by atoms with Crippen LogP contribution in [-0.4, -0.2) is 56.0 Å². The Balaban J connectivity index is 1.58. The van der Waals surface area contributed by atoms with Gasteiger partial charge in [-0.05, 0) is 49.3 Å². The highest BCUT2D eigenvalue weighted by Gasteiger charge is 2.22. The molecule has 0 atom stereocenters. The summed E-state index contributed by atoms with van der Waals surface area (Å²) in [7, 11) is 4.10.